The molecule has 7 nitrogen and oxygen atoms in total. The van der Waals surface area contributed by atoms with Gasteiger partial charge in [-0.05, 0) is 17.5 Å². The Bertz CT molecular complexity index is 784. The van der Waals surface area contributed by atoms with E-state index in [-0.39, 0.29) is 24.3 Å². The van der Waals surface area contributed by atoms with E-state index in [2.05, 4.69) is 15.5 Å². The van der Waals surface area contributed by atoms with Crippen molar-refractivity contribution in [2.75, 3.05) is 26.3 Å². The van der Waals surface area contributed by atoms with Crippen molar-refractivity contribution in [3.05, 3.63) is 34.9 Å². The molecule has 3 heterocycles. The first kappa shape index (κ1) is 18.1. The number of fused-ring (bicyclic) bond motifs is 1. The number of hydrogen-bond donors (Lipinski definition) is 2. The molecule has 2 fully saturated rings. The molecule has 2 unspecified atom stereocenters. The van der Waals surface area contributed by atoms with Crippen LogP contribution in [0.4, 0.5) is 4.39 Å². The zero-order valence-corrected chi connectivity index (χ0v) is 15.0. The van der Waals surface area contributed by atoms with Crippen molar-refractivity contribution in [2.24, 2.45) is 0 Å². The second-order valence-corrected chi connectivity index (χ2v) is 7.39. The maximum Gasteiger partial charge on any atom is 0.255 e. The lowest BCUT2D eigenvalue weighted by Gasteiger charge is -2.32. The maximum atomic E-state index is 13.1. The maximum absolute atomic E-state index is 13.1. The zero-order valence-electron chi connectivity index (χ0n) is 15.0. The Kier molecular flexibility index (Phi) is 4.92. The number of nitrogens with zero attached hydrogens (tertiary/aromatic N) is 2. The van der Waals surface area contributed by atoms with Crippen LogP contribution in [0.15, 0.2) is 18.2 Å². The lowest BCUT2D eigenvalue weighted by atomic mass is 10.0. The van der Waals surface area contributed by atoms with Gasteiger partial charge in [-0.2, -0.15) is 0 Å². The first-order valence-electron chi connectivity index (χ1n) is 9.34. The molecule has 144 valence electrons. The third-order valence-electron chi connectivity index (χ3n) is 5.56. The Morgan fingerprint density at radius 2 is 2.07 bits per heavy atom. The van der Waals surface area contributed by atoms with Crippen LogP contribution >= 0.6 is 0 Å². The van der Waals surface area contributed by atoms with E-state index in [4.69, 9.17) is 0 Å². The van der Waals surface area contributed by atoms with Crippen LogP contribution in [0.5, 0.6) is 0 Å². The van der Waals surface area contributed by atoms with Gasteiger partial charge in [-0.1, -0.05) is 18.2 Å². The second-order valence-electron chi connectivity index (χ2n) is 7.39. The van der Waals surface area contributed by atoms with E-state index in [0.29, 0.717) is 31.6 Å². The van der Waals surface area contributed by atoms with Gasteiger partial charge in [0.25, 0.3) is 5.91 Å². The molecule has 0 aromatic heterocycles. The smallest absolute Gasteiger partial charge is 0.255 e. The number of imide groups is 1. The lowest BCUT2D eigenvalue weighted by molar-refractivity contribution is -0.136. The number of amides is 3. The summed E-state index contributed by atoms with van der Waals surface area (Å²) in [5, 5.41) is 5.46. The number of carbonyl (C=O) groups excluding carboxylic acids is 3. The highest BCUT2D eigenvalue weighted by molar-refractivity contribution is 6.05. The molecule has 1 aromatic carbocycles. The number of benzene rings is 1. The molecule has 4 rings (SSSR count). The predicted octanol–water partition coefficient (Wildman–Crippen LogP) is 0.191. The van der Waals surface area contributed by atoms with Gasteiger partial charge in [0, 0.05) is 50.7 Å². The molecule has 0 saturated carbocycles. The van der Waals surface area contributed by atoms with Crippen LogP contribution in [0.1, 0.15) is 34.3 Å². The van der Waals surface area contributed by atoms with Crippen molar-refractivity contribution >= 4 is 17.7 Å². The molecule has 3 aliphatic rings. The summed E-state index contributed by atoms with van der Waals surface area (Å²) < 4.78 is 13.0. The van der Waals surface area contributed by atoms with Crippen molar-refractivity contribution in [1.82, 2.24) is 20.4 Å². The molecule has 1 aromatic rings. The summed E-state index contributed by atoms with van der Waals surface area (Å²) in [5.74, 6) is -0.851. The minimum Gasteiger partial charge on any atom is -0.322 e. The average molecular weight is 374 g/mol. The van der Waals surface area contributed by atoms with Crippen LogP contribution in [-0.2, 0) is 22.7 Å². The van der Waals surface area contributed by atoms with Gasteiger partial charge >= 0.3 is 0 Å². The summed E-state index contributed by atoms with van der Waals surface area (Å²) in [6, 6.07) is 4.98. The Labute approximate surface area is 156 Å². The monoisotopic (exact) mass is 374 g/mol. The number of rotatable bonds is 4. The summed E-state index contributed by atoms with van der Waals surface area (Å²) in [6.07, 6.45) is 0.602. The molecular formula is C19H23FN4O3. The van der Waals surface area contributed by atoms with Gasteiger partial charge in [0.05, 0.1) is 0 Å². The van der Waals surface area contributed by atoms with E-state index in [9.17, 15) is 18.8 Å². The van der Waals surface area contributed by atoms with E-state index >= 15 is 0 Å². The van der Waals surface area contributed by atoms with Crippen molar-refractivity contribution in [2.45, 2.75) is 38.0 Å². The Hall–Kier alpha value is -2.32. The number of nitrogens with one attached hydrogen (secondary N) is 2. The summed E-state index contributed by atoms with van der Waals surface area (Å²) in [6.45, 7) is 2.67. The fourth-order valence-electron chi connectivity index (χ4n) is 4.20. The van der Waals surface area contributed by atoms with Crippen LogP contribution in [0, 0.1) is 0 Å². The minimum atomic E-state index is -0.606. The normalized spacial score (nSPS) is 26.3. The summed E-state index contributed by atoms with van der Waals surface area (Å²) in [4.78, 5) is 40.4. The van der Waals surface area contributed by atoms with Crippen LogP contribution < -0.4 is 10.6 Å². The molecule has 2 atom stereocenters. The highest BCUT2D eigenvalue weighted by Crippen LogP contribution is 2.30. The second kappa shape index (κ2) is 7.36. The molecule has 0 bridgehead atoms. The summed E-state index contributed by atoms with van der Waals surface area (Å²) in [5.41, 5.74) is 2.46. The van der Waals surface area contributed by atoms with E-state index < -0.39 is 18.6 Å². The fourth-order valence-corrected chi connectivity index (χ4v) is 4.20. The third-order valence-corrected chi connectivity index (χ3v) is 5.56. The van der Waals surface area contributed by atoms with Gasteiger partial charge < -0.3 is 10.2 Å². The minimum absolute atomic E-state index is 0.160. The van der Waals surface area contributed by atoms with Gasteiger partial charge in [-0.15, -0.1) is 0 Å². The molecule has 3 amide bonds. The van der Waals surface area contributed by atoms with Crippen molar-refractivity contribution in [1.29, 1.82) is 0 Å². The van der Waals surface area contributed by atoms with Gasteiger partial charge in [0.15, 0.2) is 0 Å². The van der Waals surface area contributed by atoms with Crippen LogP contribution in [0.3, 0.4) is 0 Å². The molecule has 0 aliphatic carbocycles. The third kappa shape index (κ3) is 3.46. The Morgan fingerprint density at radius 1 is 1.22 bits per heavy atom. The van der Waals surface area contributed by atoms with Crippen molar-refractivity contribution in [3.8, 4) is 0 Å². The molecule has 2 saturated heterocycles. The van der Waals surface area contributed by atoms with Gasteiger partial charge in [-0.3, -0.25) is 24.6 Å². The number of piperazine rings is 1. The van der Waals surface area contributed by atoms with Crippen LogP contribution in [-0.4, -0.2) is 65.9 Å². The van der Waals surface area contributed by atoms with Crippen molar-refractivity contribution < 1.29 is 18.8 Å². The van der Waals surface area contributed by atoms with E-state index in [1.807, 2.05) is 18.2 Å². The van der Waals surface area contributed by atoms with E-state index in [0.717, 1.165) is 24.2 Å². The Morgan fingerprint density at radius 3 is 2.85 bits per heavy atom. The van der Waals surface area contributed by atoms with Gasteiger partial charge in [0.1, 0.15) is 12.7 Å². The highest BCUT2D eigenvalue weighted by atomic mass is 19.1. The fraction of sp³-hybridized carbons (Fsp3) is 0.526. The standard InChI is InChI=1S/C19H23FN4O3/c20-8-14-11-23(7-6-21-14)9-12-2-1-3-13-10-24(19(27)17(12)13)15-4-5-16(25)22-18(15)26/h1-3,14-15,21H,4-11H2,(H,22,25,26). The zero-order chi connectivity index (χ0) is 19.0. The predicted molar refractivity (Wildman–Crippen MR) is 95.5 cm³/mol. The Balaban J connectivity index is 1.53. The molecule has 3 aliphatic heterocycles. The number of piperidine rings is 1. The molecular weight excluding hydrogens is 351 g/mol. The molecule has 0 radical (unpaired) electrons. The first-order chi connectivity index (χ1) is 13.1. The molecule has 8 heteroatoms. The quantitative estimate of drug-likeness (QED) is 0.736. The summed E-state index contributed by atoms with van der Waals surface area (Å²) in [7, 11) is 0. The molecule has 27 heavy (non-hydrogen) atoms. The SMILES string of the molecule is O=C1CCC(N2Cc3cccc(CN4CCNC(CF)C4)c3C2=O)C(=O)N1. The summed E-state index contributed by atoms with van der Waals surface area (Å²) >= 11 is 0. The van der Waals surface area contributed by atoms with Gasteiger partial charge in [0.2, 0.25) is 11.8 Å². The topological polar surface area (TPSA) is 81.8 Å². The largest absolute Gasteiger partial charge is 0.322 e. The van der Waals surface area contributed by atoms with Crippen LogP contribution in [0.25, 0.3) is 0 Å². The molecule has 2 N–H and O–H groups in total. The van der Waals surface area contributed by atoms with Crippen LogP contribution in [0.2, 0.25) is 0 Å². The number of carbonyl (C=O) groups is 3. The van der Waals surface area contributed by atoms with Crippen molar-refractivity contribution in [3.63, 3.8) is 0 Å². The number of alkyl halides is 1. The first-order valence-corrected chi connectivity index (χ1v) is 9.34. The molecule has 0 spiro atoms. The average Bonchev–Trinajstić information content (AvgIpc) is 2.99. The number of hydrogen-bond acceptors (Lipinski definition) is 5. The highest BCUT2D eigenvalue weighted by Gasteiger charge is 2.40. The van der Waals surface area contributed by atoms with E-state index in [1.54, 1.807) is 4.90 Å². The van der Waals surface area contributed by atoms with Gasteiger partial charge in [-0.25, -0.2) is 4.39 Å². The van der Waals surface area contributed by atoms with E-state index in [1.165, 1.54) is 0 Å². The lowest BCUT2D eigenvalue weighted by Crippen LogP contribution is -2.52. The number of halogens is 1.